The van der Waals surface area contributed by atoms with Crippen LogP contribution in [0.5, 0.6) is 0 Å². The van der Waals surface area contributed by atoms with Gasteiger partial charge in [-0.2, -0.15) is 0 Å². The molecule has 142 valence electrons. The first kappa shape index (κ1) is 19.1. The van der Waals surface area contributed by atoms with Crippen molar-refractivity contribution in [2.45, 2.75) is 31.2 Å². The van der Waals surface area contributed by atoms with Gasteiger partial charge in [-0.1, -0.05) is 32.0 Å². The maximum atomic E-state index is 13.2. The van der Waals surface area contributed by atoms with Crippen molar-refractivity contribution in [2.75, 3.05) is 16.5 Å². The Balaban J connectivity index is 2.14. The molecule has 27 heavy (non-hydrogen) atoms. The summed E-state index contributed by atoms with van der Waals surface area (Å²) in [5, 5.41) is 2.77. The second kappa shape index (κ2) is 7.15. The number of amides is 2. The van der Waals surface area contributed by atoms with Crippen LogP contribution in [0.2, 0.25) is 0 Å². The Hall–Kier alpha value is -2.67. The molecule has 2 amide bonds. The number of sulfone groups is 1. The average Bonchev–Trinajstić information content (AvgIpc) is 2.61. The SMILES string of the molecule is CC(C)CC1C(=O)Nc2cc(S(C)(=O)=O)ccc2N1C(=O)c1ccccc1. The number of rotatable bonds is 4. The van der Waals surface area contributed by atoms with E-state index in [1.54, 1.807) is 30.3 Å². The van der Waals surface area contributed by atoms with Crippen LogP contribution in [0.3, 0.4) is 0 Å². The Morgan fingerprint density at radius 1 is 1.15 bits per heavy atom. The second-order valence-electron chi connectivity index (χ2n) is 7.13. The van der Waals surface area contributed by atoms with E-state index in [2.05, 4.69) is 5.32 Å². The van der Waals surface area contributed by atoms with Gasteiger partial charge in [0.05, 0.1) is 16.3 Å². The minimum absolute atomic E-state index is 0.0935. The molecule has 0 spiro atoms. The van der Waals surface area contributed by atoms with E-state index < -0.39 is 15.9 Å². The van der Waals surface area contributed by atoms with Crippen LogP contribution in [-0.4, -0.2) is 32.5 Å². The highest BCUT2D eigenvalue weighted by Crippen LogP contribution is 2.36. The van der Waals surface area contributed by atoms with Gasteiger partial charge < -0.3 is 5.32 Å². The van der Waals surface area contributed by atoms with Crippen LogP contribution >= 0.6 is 0 Å². The molecular formula is C20H22N2O4S. The van der Waals surface area contributed by atoms with Crippen molar-refractivity contribution in [1.29, 1.82) is 0 Å². The fourth-order valence-electron chi connectivity index (χ4n) is 3.19. The number of hydrogen-bond donors (Lipinski definition) is 1. The van der Waals surface area contributed by atoms with Gasteiger partial charge >= 0.3 is 0 Å². The molecule has 0 saturated heterocycles. The van der Waals surface area contributed by atoms with Gasteiger partial charge in [-0.25, -0.2) is 8.42 Å². The summed E-state index contributed by atoms with van der Waals surface area (Å²) in [7, 11) is -3.43. The molecule has 1 aliphatic heterocycles. The van der Waals surface area contributed by atoms with E-state index in [9.17, 15) is 18.0 Å². The Morgan fingerprint density at radius 2 is 1.81 bits per heavy atom. The Bertz CT molecular complexity index is 984. The molecule has 0 saturated carbocycles. The largest absolute Gasteiger partial charge is 0.322 e. The number of carbonyl (C=O) groups excluding carboxylic acids is 2. The van der Waals surface area contributed by atoms with E-state index in [-0.39, 0.29) is 22.6 Å². The number of anilines is 2. The zero-order valence-corrected chi connectivity index (χ0v) is 16.3. The van der Waals surface area contributed by atoms with Gasteiger partial charge in [0.25, 0.3) is 5.91 Å². The molecule has 1 aliphatic rings. The van der Waals surface area contributed by atoms with Crippen LogP contribution in [-0.2, 0) is 14.6 Å². The fraction of sp³-hybridized carbons (Fsp3) is 0.300. The first-order valence-corrected chi connectivity index (χ1v) is 10.6. The van der Waals surface area contributed by atoms with Crippen molar-refractivity contribution in [1.82, 2.24) is 0 Å². The molecule has 1 heterocycles. The summed E-state index contributed by atoms with van der Waals surface area (Å²) >= 11 is 0. The summed E-state index contributed by atoms with van der Waals surface area (Å²) in [6, 6.07) is 12.5. The number of fused-ring (bicyclic) bond motifs is 1. The Kier molecular flexibility index (Phi) is 5.06. The molecule has 1 unspecified atom stereocenters. The van der Waals surface area contributed by atoms with Gasteiger partial charge in [0.2, 0.25) is 5.91 Å². The van der Waals surface area contributed by atoms with Crippen molar-refractivity contribution in [2.24, 2.45) is 5.92 Å². The molecular weight excluding hydrogens is 364 g/mol. The van der Waals surface area contributed by atoms with Gasteiger partial charge in [0.15, 0.2) is 9.84 Å². The summed E-state index contributed by atoms with van der Waals surface area (Å²) in [6.45, 7) is 3.97. The number of hydrogen-bond acceptors (Lipinski definition) is 4. The molecule has 0 fully saturated rings. The fourth-order valence-corrected chi connectivity index (χ4v) is 3.83. The van der Waals surface area contributed by atoms with Crippen molar-refractivity contribution in [3.05, 3.63) is 54.1 Å². The third-order valence-corrected chi connectivity index (χ3v) is 5.57. The van der Waals surface area contributed by atoms with E-state index in [1.807, 2.05) is 19.9 Å². The second-order valence-corrected chi connectivity index (χ2v) is 9.14. The summed E-state index contributed by atoms with van der Waals surface area (Å²) in [5.74, 6) is -0.403. The van der Waals surface area contributed by atoms with Crippen LogP contribution in [0.15, 0.2) is 53.4 Å². The van der Waals surface area contributed by atoms with Gasteiger partial charge in [-0.15, -0.1) is 0 Å². The van der Waals surface area contributed by atoms with E-state index >= 15 is 0 Å². The van der Waals surface area contributed by atoms with Gasteiger partial charge in [0, 0.05) is 11.8 Å². The predicted molar refractivity (Wildman–Crippen MR) is 105 cm³/mol. The minimum atomic E-state index is -3.43. The highest BCUT2D eigenvalue weighted by atomic mass is 32.2. The zero-order chi connectivity index (χ0) is 19.8. The van der Waals surface area contributed by atoms with Gasteiger partial charge in [0.1, 0.15) is 6.04 Å². The first-order valence-electron chi connectivity index (χ1n) is 8.72. The average molecular weight is 386 g/mol. The van der Waals surface area contributed by atoms with Crippen molar-refractivity contribution < 1.29 is 18.0 Å². The lowest BCUT2D eigenvalue weighted by Crippen LogP contribution is -2.51. The van der Waals surface area contributed by atoms with Crippen LogP contribution in [0.1, 0.15) is 30.6 Å². The molecule has 0 aromatic heterocycles. The van der Waals surface area contributed by atoms with E-state index in [0.717, 1.165) is 6.26 Å². The number of nitrogens with one attached hydrogen (secondary N) is 1. The molecule has 1 atom stereocenters. The third-order valence-electron chi connectivity index (χ3n) is 4.46. The molecule has 7 heteroatoms. The number of nitrogens with zero attached hydrogens (tertiary/aromatic N) is 1. The molecule has 3 rings (SSSR count). The Labute approximate surface area is 159 Å². The zero-order valence-electron chi connectivity index (χ0n) is 15.5. The number of benzene rings is 2. The standard InChI is InChI=1S/C20H22N2O4S/c1-13(2)11-18-19(23)21-16-12-15(27(3,25)26)9-10-17(16)22(18)20(24)14-7-5-4-6-8-14/h4-10,12-13,18H,11H2,1-3H3,(H,21,23). The monoisotopic (exact) mass is 386 g/mol. The molecule has 1 N–H and O–H groups in total. The number of carbonyl (C=O) groups is 2. The highest BCUT2D eigenvalue weighted by Gasteiger charge is 2.38. The van der Waals surface area contributed by atoms with Gasteiger partial charge in [-0.3, -0.25) is 14.5 Å². The quantitative estimate of drug-likeness (QED) is 0.875. The van der Waals surface area contributed by atoms with Crippen molar-refractivity contribution >= 4 is 33.0 Å². The van der Waals surface area contributed by atoms with Crippen molar-refractivity contribution in [3.8, 4) is 0 Å². The van der Waals surface area contributed by atoms with Crippen LogP contribution in [0.25, 0.3) is 0 Å². The van der Waals surface area contributed by atoms with E-state index in [4.69, 9.17) is 0 Å². The maximum Gasteiger partial charge on any atom is 0.259 e. The molecule has 0 radical (unpaired) electrons. The summed E-state index contributed by atoms with van der Waals surface area (Å²) in [6.07, 6.45) is 1.60. The lowest BCUT2D eigenvalue weighted by Gasteiger charge is -2.37. The third kappa shape index (κ3) is 3.88. The summed E-state index contributed by atoms with van der Waals surface area (Å²) < 4.78 is 23.7. The highest BCUT2D eigenvalue weighted by molar-refractivity contribution is 7.90. The predicted octanol–water partition coefficient (Wildman–Crippen LogP) is 3.10. The maximum absolute atomic E-state index is 13.2. The molecule has 2 aromatic carbocycles. The molecule has 0 bridgehead atoms. The van der Waals surface area contributed by atoms with Crippen molar-refractivity contribution in [3.63, 3.8) is 0 Å². The topological polar surface area (TPSA) is 83.6 Å². The first-order chi connectivity index (χ1) is 12.7. The van der Waals surface area contributed by atoms with Crippen LogP contribution in [0, 0.1) is 5.92 Å². The lowest BCUT2D eigenvalue weighted by molar-refractivity contribution is -0.117. The lowest BCUT2D eigenvalue weighted by atomic mass is 9.97. The van der Waals surface area contributed by atoms with E-state index in [0.29, 0.717) is 23.4 Å². The van der Waals surface area contributed by atoms with Crippen LogP contribution < -0.4 is 10.2 Å². The minimum Gasteiger partial charge on any atom is -0.322 e. The summed E-state index contributed by atoms with van der Waals surface area (Å²) in [4.78, 5) is 27.5. The molecule has 0 aliphatic carbocycles. The normalized spacial score (nSPS) is 16.8. The molecule has 6 nitrogen and oxygen atoms in total. The van der Waals surface area contributed by atoms with Gasteiger partial charge in [-0.05, 0) is 42.7 Å². The van der Waals surface area contributed by atoms with E-state index in [1.165, 1.54) is 17.0 Å². The summed E-state index contributed by atoms with van der Waals surface area (Å²) in [5.41, 5.74) is 1.30. The molecule has 2 aromatic rings. The van der Waals surface area contributed by atoms with Crippen LogP contribution in [0.4, 0.5) is 11.4 Å². The smallest absolute Gasteiger partial charge is 0.259 e. The Morgan fingerprint density at radius 3 is 2.41 bits per heavy atom.